The van der Waals surface area contributed by atoms with Crippen molar-refractivity contribution in [3.63, 3.8) is 0 Å². The minimum absolute atomic E-state index is 0.0559. The quantitative estimate of drug-likeness (QED) is 0.0149. The van der Waals surface area contributed by atoms with Gasteiger partial charge in [-0.3, -0.25) is 14.2 Å². The Hall–Kier alpha value is -3.37. The zero-order valence-electron chi connectivity index (χ0n) is 38.2. The summed E-state index contributed by atoms with van der Waals surface area (Å²) in [5.74, 6) is -0.978. The number of hydrogen-bond donors (Lipinski definition) is 0. The number of unbranched alkanes of at least 4 members (excludes halogenated alkanes) is 4. The largest absolute Gasteiger partial charge is 0.756 e. The number of ether oxygens (including phenoxy) is 3. The average molecular weight is 870 g/mol. The Morgan fingerprint density at radius 3 is 1.62 bits per heavy atom. The van der Waals surface area contributed by atoms with Crippen molar-refractivity contribution >= 4 is 19.8 Å². The van der Waals surface area contributed by atoms with Crippen molar-refractivity contribution in [2.75, 3.05) is 47.5 Å². The van der Waals surface area contributed by atoms with Crippen molar-refractivity contribution < 1.29 is 46.8 Å². The third-order valence-corrected chi connectivity index (χ3v) is 10.2. The molecule has 4 atom stereocenters. The molecule has 0 amide bonds. The normalized spacial score (nSPS) is 17.9. The van der Waals surface area contributed by atoms with Crippen molar-refractivity contribution in [1.29, 1.82) is 0 Å². The number of hydrogen-bond acceptors (Lipinski definition) is 9. The van der Waals surface area contributed by atoms with Gasteiger partial charge in [-0.2, -0.15) is 0 Å². The summed E-state index contributed by atoms with van der Waals surface area (Å²) in [5, 5.41) is 0. The summed E-state index contributed by atoms with van der Waals surface area (Å²) in [4.78, 5) is 37.6. The Balaban J connectivity index is 2.34. The van der Waals surface area contributed by atoms with Crippen molar-refractivity contribution in [1.82, 2.24) is 0 Å². The molecule has 1 heterocycles. The van der Waals surface area contributed by atoms with Crippen LogP contribution in [0.1, 0.15) is 129 Å². The molecule has 1 aliphatic rings. The summed E-state index contributed by atoms with van der Waals surface area (Å²) in [6.45, 7) is 3.84. The minimum atomic E-state index is -4.66. The number of nitrogens with zero attached hydrogens (tertiary/aromatic N) is 1. The topological polar surface area (TPSA) is 124 Å². The molecule has 1 aliphatic heterocycles. The number of esters is 2. The second-order valence-electron chi connectivity index (χ2n) is 16.0. The molecule has 0 aliphatic carbocycles. The van der Waals surface area contributed by atoms with E-state index < -0.39 is 32.5 Å². The Morgan fingerprint density at radius 2 is 1.07 bits per heavy atom. The van der Waals surface area contributed by atoms with Crippen LogP contribution in [0.3, 0.4) is 0 Å². The molecule has 0 radical (unpaired) electrons. The third kappa shape index (κ3) is 38.1. The minimum Gasteiger partial charge on any atom is -0.756 e. The van der Waals surface area contributed by atoms with Gasteiger partial charge >= 0.3 is 11.9 Å². The van der Waals surface area contributed by atoms with Crippen molar-refractivity contribution in [3.05, 3.63) is 109 Å². The zero-order chi connectivity index (χ0) is 44.7. The lowest BCUT2D eigenvalue weighted by Crippen LogP contribution is -2.37. The zero-order valence-corrected chi connectivity index (χ0v) is 39.1. The summed E-state index contributed by atoms with van der Waals surface area (Å²) < 4.78 is 39.5. The molecule has 11 heteroatoms. The van der Waals surface area contributed by atoms with Gasteiger partial charge in [0.15, 0.2) is 6.10 Å². The first kappa shape index (κ1) is 55.6. The van der Waals surface area contributed by atoms with Gasteiger partial charge in [-0.15, -0.1) is 0 Å². The van der Waals surface area contributed by atoms with Gasteiger partial charge in [0.1, 0.15) is 19.8 Å². The van der Waals surface area contributed by atoms with Crippen LogP contribution in [0.5, 0.6) is 0 Å². The maximum Gasteiger partial charge on any atom is 0.306 e. The molecule has 10 nitrogen and oxygen atoms in total. The van der Waals surface area contributed by atoms with Crippen LogP contribution in [0.4, 0.5) is 0 Å². The standard InChI is InChI=1S/C50H80NO9P/c1-6-8-10-11-12-13-14-15-16-17-18-19-24-27-30-33-37-41-50(53)59-46(45-58-61(54,55)57-43-42-51(3,4)5)44-56-49(52)40-36-32-29-26-23-21-20-22-25-28-31-35-39-48-47(60-48)38-34-9-7-2/h8-10,12-13,15-16,18-19,21-23,25,29,31-32,34-35,46-48H,6-7,11,14,17,20,24,26-28,30,33,36-45H2,1-5H3/b10-8-,13-12-,16-15-,19-18-,23-21-,25-22-,32-29-,34-9-,35-31-/t46-,47?,48?/m1/s1. The molecule has 1 saturated heterocycles. The molecule has 61 heavy (non-hydrogen) atoms. The number of quaternary nitrogens is 1. The van der Waals surface area contributed by atoms with Crippen LogP contribution in [0.15, 0.2) is 109 Å². The molecule has 0 N–H and O–H groups in total. The predicted molar refractivity (Wildman–Crippen MR) is 249 cm³/mol. The molecule has 344 valence electrons. The third-order valence-electron chi connectivity index (χ3n) is 9.20. The van der Waals surface area contributed by atoms with Gasteiger partial charge in [-0.1, -0.05) is 136 Å². The van der Waals surface area contributed by atoms with Crippen LogP contribution < -0.4 is 4.89 Å². The molecule has 0 saturated carbocycles. The molecular formula is C50H80NO9P. The fourth-order valence-corrected chi connectivity index (χ4v) is 6.32. The number of epoxide rings is 1. The van der Waals surface area contributed by atoms with Crippen LogP contribution >= 0.6 is 7.82 Å². The lowest BCUT2D eigenvalue weighted by Gasteiger charge is -2.28. The molecule has 0 aromatic carbocycles. The van der Waals surface area contributed by atoms with Gasteiger partial charge in [0.2, 0.25) is 0 Å². The second kappa shape index (κ2) is 37.2. The highest BCUT2D eigenvalue weighted by atomic mass is 31.2. The predicted octanol–water partition coefficient (Wildman–Crippen LogP) is 11.5. The number of rotatable bonds is 38. The summed E-state index contributed by atoms with van der Waals surface area (Å²) in [6.07, 6.45) is 53.1. The van der Waals surface area contributed by atoms with Crippen LogP contribution in [-0.2, 0) is 37.4 Å². The molecule has 1 rings (SSSR count). The fraction of sp³-hybridized carbons (Fsp3) is 0.600. The van der Waals surface area contributed by atoms with Crippen molar-refractivity contribution in [3.8, 4) is 0 Å². The summed E-state index contributed by atoms with van der Waals surface area (Å²) in [6, 6.07) is 0. The van der Waals surface area contributed by atoms with E-state index in [1.165, 1.54) is 0 Å². The van der Waals surface area contributed by atoms with Gasteiger partial charge in [0, 0.05) is 12.8 Å². The van der Waals surface area contributed by atoms with Crippen molar-refractivity contribution in [2.24, 2.45) is 0 Å². The first-order valence-electron chi connectivity index (χ1n) is 22.7. The smallest absolute Gasteiger partial charge is 0.306 e. The molecule has 0 bridgehead atoms. The summed E-state index contributed by atoms with van der Waals surface area (Å²) in [7, 11) is 1.08. The Labute approximate surface area is 370 Å². The first-order valence-corrected chi connectivity index (χ1v) is 24.2. The Morgan fingerprint density at radius 1 is 0.590 bits per heavy atom. The highest BCUT2D eigenvalue weighted by Crippen LogP contribution is 2.38. The van der Waals surface area contributed by atoms with E-state index in [2.05, 4.69) is 111 Å². The molecule has 1 fully saturated rings. The summed E-state index contributed by atoms with van der Waals surface area (Å²) >= 11 is 0. The van der Waals surface area contributed by atoms with Crippen molar-refractivity contribution in [2.45, 2.75) is 148 Å². The van der Waals surface area contributed by atoms with Gasteiger partial charge in [0.25, 0.3) is 7.82 Å². The monoisotopic (exact) mass is 870 g/mol. The number of phosphoric acid groups is 1. The van der Waals surface area contributed by atoms with Crippen LogP contribution in [-0.4, -0.2) is 82.2 Å². The maximum atomic E-state index is 12.7. The number of carbonyl (C=O) groups is 2. The second-order valence-corrected chi connectivity index (χ2v) is 17.4. The highest BCUT2D eigenvalue weighted by Gasteiger charge is 2.36. The number of carbonyl (C=O) groups excluding carboxylic acids is 2. The highest BCUT2D eigenvalue weighted by molar-refractivity contribution is 7.45. The van der Waals surface area contributed by atoms with Gasteiger partial charge in [-0.05, 0) is 89.9 Å². The number of phosphoric ester groups is 1. The molecular weight excluding hydrogens is 790 g/mol. The van der Waals surface area contributed by atoms with E-state index >= 15 is 0 Å². The van der Waals surface area contributed by atoms with E-state index in [1.54, 1.807) is 0 Å². The SMILES string of the molecule is CC/C=C\C/C=C\C/C=C\C/C=C\CCCCCCC(=O)O[C@H](COC(=O)CC/C=C\C/C=C\C/C=C\C/C=C\CC1OC1C/C=C\CC)COP(=O)([O-])OCC[N+](C)(C)C. The van der Waals surface area contributed by atoms with E-state index in [4.69, 9.17) is 23.3 Å². The van der Waals surface area contributed by atoms with Crippen LogP contribution in [0.2, 0.25) is 0 Å². The molecule has 0 spiro atoms. The van der Waals surface area contributed by atoms with Gasteiger partial charge in [0.05, 0.1) is 40.0 Å². The number of likely N-dealkylation sites (N-methyl/N-ethyl adjacent to an activating group) is 1. The Bertz CT molecular complexity index is 1470. The average Bonchev–Trinajstić information content (AvgIpc) is 3.97. The lowest BCUT2D eigenvalue weighted by atomic mass is 10.1. The first-order chi connectivity index (χ1) is 29.5. The lowest BCUT2D eigenvalue weighted by molar-refractivity contribution is -0.870. The van der Waals surface area contributed by atoms with Gasteiger partial charge in [-0.25, -0.2) is 0 Å². The fourth-order valence-electron chi connectivity index (χ4n) is 5.59. The maximum absolute atomic E-state index is 12.7. The summed E-state index contributed by atoms with van der Waals surface area (Å²) in [5.41, 5.74) is 0. The van der Waals surface area contributed by atoms with E-state index in [-0.39, 0.29) is 26.1 Å². The van der Waals surface area contributed by atoms with Crippen LogP contribution in [0.25, 0.3) is 0 Å². The van der Waals surface area contributed by atoms with Crippen LogP contribution in [0, 0.1) is 0 Å². The van der Waals surface area contributed by atoms with E-state index in [0.717, 1.165) is 89.9 Å². The van der Waals surface area contributed by atoms with E-state index in [1.807, 2.05) is 33.3 Å². The Kier molecular flexibility index (Phi) is 33.9. The van der Waals surface area contributed by atoms with E-state index in [9.17, 15) is 19.0 Å². The number of allylic oxidation sites excluding steroid dienone is 16. The van der Waals surface area contributed by atoms with Gasteiger partial charge < -0.3 is 32.6 Å². The molecule has 3 unspecified atom stereocenters. The van der Waals surface area contributed by atoms with E-state index in [0.29, 0.717) is 36.1 Å². The molecule has 0 aromatic heterocycles. The molecule has 0 aromatic rings.